The molecular weight excluding hydrogens is 400 g/mol. The molecule has 29 heavy (non-hydrogen) atoms. The van der Waals surface area contributed by atoms with Crippen molar-refractivity contribution in [1.29, 1.82) is 0 Å². The molecule has 7 N–H and O–H groups in total. The Hall–Kier alpha value is -3.05. The van der Waals surface area contributed by atoms with E-state index in [2.05, 4.69) is 28.2 Å². The Morgan fingerprint density at radius 2 is 1.72 bits per heavy atom. The van der Waals surface area contributed by atoms with Gasteiger partial charge in [-0.2, -0.15) is 12.6 Å². The van der Waals surface area contributed by atoms with Crippen molar-refractivity contribution in [2.45, 2.75) is 31.0 Å². The minimum atomic E-state index is -1.64. The molecule has 0 spiro atoms. The van der Waals surface area contributed by atoms with Gasteiger partial charge in [0, 0.05) is 29.3 Å². The third kappa shape index (κ3) is 5.96. The van der Waals surface area contributed by atoms with Crippen LogP contribution in [-0.2, 0) is 25.6 Å². The van der Waals surface area contributed by atoms with E-state index in [1.54, 1.807) is 6.20 Å². The van der Waals surface area contributed by atoms with Crippen LogP contribution < -0.4 is 16.4 Å². The Kier molecular flexibility index (Phi) is 7.62. The number of fused-ring (bicyclic) bond motifs is 1. The molecule has 0 aliphatic carbocycles. The van der Waals surface area contributed by atoms with E-state index in [0.717, 1.165) is 10.9 Å². The number of carboxylic acid groups (broad SMARTS) is 2. The lowest BCUT2D eigenvalue weighted by molar-refractivity contribution is -0.147. The summed E-state index contributed by atoms with van der Waals surface area (Å²) in [5.74, 6) is -4.30. The molecule has 10 nitrogen and oxygen atoms in total. The molecule has 0 aliphatic heterocycles. The van der Waals surface area contributed by atoms with Crippen LogP contribution in [0.2, 0.25) is 0 Å². The first-order chi connectivity index (χ1) is 13.7. The van der Waals surface area contributed by atoms with E-state index in [1.807, 2.05) is 24.3 Å². The predicted molar refractivity (Wildman–Crippen MR) is 108 cm³/mol. The number of carboxylic acids is 2. The fourth-order valence-corrected chi connectivity index (χ4v) is 2.90. The summed E-state index contributed by atoms with van der Waals surface area (Å²) in [6, 6.07) is 3.56. The molecule has 0 bridgehead atoms. The fraction of sp³-hybridized carbons (Fsp3) is 0.333. The Morgan fingerprint density at radius 3 is 2.34 bits per heavy atom. The first-order valence-electron chi connectivity index (χ1n) is 8.69. The molecule has 1 aromatic heterocycles. The van der Waals surface area contributed by atoms with Gasteiger partial charge in [-0.15, -0.1) is 0 Å². The maximum Gasteiger partial charge on any atom is 0.326 e. The van der Waals surface area contributed by atoms with Crippen LogP contribution in [-0.4, -0.2) is 62.8 Å². The molecule has 11 heteroatoms. The number of aromatic nitrogens is 1. The molecule has 1 aromatic carbocycles. The summed E-state index contributed by atoms with van der Waals surface area (Å²) in [5.41, 5.74) is 7.19. The van der Waals surface area contributed by atoms with Gasteiger partial charge in [-0.25, -0.2) is 4.79 Å². The number of benzene rings is 1. The fourth-order valence-electron chi connectivity index (χ4n) is 2.74. The average molecular weight is 422 g/mol. The van der Waals surface area contributed by atoms with Gasteiger partial charge < -0.3 is 31.6 Å². The van der Waals surface area contributed by atoms with Gasteiger partial charge in [-0.1, -0.05) is 18.2 Å². The van der Waals surface area contributed by atoms with Gasteiger partial charge in [0.1, 0.15) is 12.1 Å². The maximum absolute atomic E-state index is 12.7. The van der Waals surface area contributed by atoms with E-state index < -0.39 is 48.3 Å². The van der Waals surface area contributed by atoms with Crippen LogP contribution in [0.3, 0.4) is 0 Å². The van der Waals surface area contributed by atoms with Crippen molar-refractivity contribution in [3.05, 3.63) is 36.0 Å². The van der Waals surface area contributed by atoms with Crippen molar-refractivity contribution >= 4 is 47.3 Å². The molecular formula is C18H22N4O6S. The van der Waals surface area contributed by atoms with Gasteiger partial charge >= 0.3 is 11.9 Å². The number of nitrogens with one attached hydrogen (secondary N) is 3. The van der Waals surface area contributed by atoms with Gasteiger partial charge in [0.05, 0.1) is 12.5 Å². The molecule has 0 fully saturated rings. The average Bonchev–Trinajstić information content (AvgIpc) is 3.08. The second-order valence-corrected chi connectivity index (χ2v) is 6.78. The largest absolute Gasteiger partial charge is 0.481 e. The monoisotopic (exact) mass is 422 g/mol. The van der Waals surface area contributed by atoms with E-state index in [1.165, 1.54) is 0 Å². The summed E-state index contributed by atoms with van der Waals surface area (Å²) in [7, 11) is 0. The van der Waals surface area contributed by atoms with Crippen LogP contribution in [0, 0.1) is 0 Å². The third-order valence-electron chi connectivity index (χ3n) is 4.26. The zero-order valence-corrected chi connectivity index (χ0v) is 16.2. The molecule has 0 saturated carbocycles. The number of hydrogen-bond acceptors (Lipinski definition) is 6. The molecule has 3 unspecified atom stereocenters. The standard InChI is InChI=1S/C18H22N4O6S/c19-11(8-29)16(25)21-13(17(26)22-14(18(27)28)6-15(23)24)5-9-7-20-12-4-2-1-3-10(9)12/h1-4,7,11,13-14,20,29H,5-6,8,19H2,(H,21,25)(H,22,26)(H,23,24)(H,27,28). The van der Waals surface area contributed by atoms with Crippen LogP contribution in [0.5, 0.6) is 0 Å². The van der Waals surface area contributed by atoms with Crippen LogP contribution in [0.1, 0.15) is 12.0 Å². The molecule has 2 amide bonds. The van der Waals surface area contributed by atoms with E-state index in [0.29, 0.717) is 5.56 Å². The zero-order chi connectivity index (χ0) is 21.6. The molecule has 156 valence electrons. The highest BCUT2D eigenvalue weighted by Gasteiger charge is 2.29. The molecule has 2 aromatic rings. The molecule has 0 saturated heterocycles. The predicted octanol–water partition coefficient (Wildman–Crippen LogP) is -0.504. The van der Waals surface area contributed by atoms with E-state index in [-0.39, 0.29) is 12.2 Å². The Balaban J connectivity index is 2.26. The Labute approximate surface area is 171 Å². The van der Waals surface area contributed by atoms with Crippen molar-refractivity contribution in [2.24, 2.45) is 5.73 Å². The second-order valence-electron chi connectivity index (χ2n) is 6.41. The first-order valence-corrected chi connectivity index (χ1v) is 9.33. The number of nitrogens with two attached hydrogens (primary N) is 1. The Morgan fingerprint density at radius 1 is 1.07 bits per heavy atom. The number of aliphatic carboxylic acids is 2. The zero-order valence-electron chi connectivity index (χ0n) is 15.3. The van der Waals surface area contributed by atoms with Gasteiger partial charge in [0.15, 0.2) is 0 Å². The minimum absolute atomic E-state index is 0.0420. The number of hydrogen-bond donors (Lipinski definition) is 7. The highest BCUT2D eigenvalue weighted by molar-refractivity contribution is 7.80. The van der Waals surface area contributed by atoms with Crippen LogP contribution in [0.15, 0.2) is 30.5 Å². The van der Waals surface area contributed by atoms with E-state index >= 15 is 0 Å². The van der Waals surface area contributed by atoms with Crippen molar-refractivity contribution < 1.29 is 29.4 Å². The van der Waals surface area contributed by atoms with Gasteiger partial charge in [-0.05, 0) is 11.6 Å². The van der Waals surface area contributed by atoms with Crippen molar-refractivity contribution in [2.75, 3.05) is 5.75 Å². The highest BCUT2D eigenvalue weighted by atomic mass is 32.1. The highest BCUT2D eigenvalue weighted by Crippen LogP contribution is 2.19. The molecule has 2 rings (SSSR count). The number of H-pyrrole nitrogens is 1. The number of carbonyl (C=O) groups is 4. The minimum Gasteiger partial charge on any atom is -0.481 e. The van der Waals surface area contributed by atoms with Crippen LogP contribution in [0.25, 0.3) is 10.9 Å². The lowest BCUT2D eigenvalue weighted by Gasteiger charge is -2.22. The lowest BCUT2D eigenvalue weighted by atomic mass is 10.0. The maximum atomic E-state index is 12.7. The van der Waals surface area contributed by atoms with E-state index in [9.17, 15) is 19.2 Å². The smallest absolute Gasteiger partial charge is 0.326 e. The molecule has 1 heterocycles. The summed E-state index contributed by atoms with van der Waals surface area (Å²) in [6.45, 7) is 0. The number of thiol groups is 1. The second kappa shape index (κ2) is 9.94. The number of carbonyl (C=O) groups excluding carboxylic acids is 2. The number of aromatic amines is 1. The number of rotatable bonds is 10. The summed E-state index contributed by atoms with van der Waals surface area (Å²) in [4.78, 5) is 50.1. The summed E-state index contributed by atoms with van der Waals surface area (Å²) < 4.78 is 0. The van der Waals surface area contributed by atoms with E-state index in [4.69, 9.17) is 15.9 Å². The van der Waals surface area contributed by atoms with Crippen LogP contribution in [0.4, 0.5) is 0 Å². The molecule has 0 aliphatic rings. The quantitative estimate of drug-likeness (QED) is 0.252. The van der Waals surface area contributed by atoms with Gasteiger partial charge in [0.25, 0.3) is 0 Å². The van der Waals surface area contributed by atoms with Crippen molar-refractivity contribution in [1.82, 2.24) is 15.6 Å². The summed E-state index contributed by atoms with van der Waals surface area (Å²) in [6.07, 6.45) is 0.923. The van der Waals surface area contributed by atoms with Crippen LogP contribution >= 0.6 is 12.6 Å². The third-order valence-corrected chi connectivity index (χ3v) is 4.65. The van der Waals surface area contributed by atoms with Crippen molar-refractivity contribution in [3.63, 3.8) is 0 Å². The van der Waals surface area contributed by atoms with Gasteiger partial charge in [0.2, 0.25) is 11.8 Å². The van der Waals surface area contributed by atoms with Gasteiger partial charge in [-0.3, -0.25) is 14.4 Å². The Bertz CT molecular complexity index is 915. The summed E-state index contributed by atoms with van der Waals surface area (Å²) in [5, 5.41) is 23.5. The normalized spacial score (nSPS) is 14.0. The topological polar surface area (TPSA) is 175 Å². The molecule has 0 radical (unpaired) electrons. The number of para-hydroxylation sites is 1. The molecule has 3 atom stereocenters. The summed E-state index contributed by atoms with van der Waals surface area (Å²) >= 11 is 3.95. The number of amides is 2. The van der Waals surface area contributed by atoms with Crippen molar-refractivity contribution in [3.8, 4) is 0 Å². The first kappa shape index (κ1) is 22.2. The SMILES string of the molecule is NC(CS)C(=O)NC(Cc1c[nH]c2ccccc12)C(=O)NC(CC(=O)O)C(=O)O. The lowest BCUT2D eigenvalue weighted by Crippen LogP contribution is -2.55.